The maximum atomic E-state index is 11.9. The summed E-state index contributed by atoms with van der Waals surface area (Å²) in [4.78, 5) is 16.9. The van der Waals surface area contributed by atoms with Crippen molar-refractivity contribution in [3.8, 4) is 0 Å². The monoisotopic (exact) mass is 285 g/mol. The third-order valence-electron chi connectivity index (χ3n) is 4.39. The lowest BCUT2D eigenvalue weighted by Gasteiger charge is -2.40. The highest BCUT2D eigenvalue weighted by Crippen LogP contribution is 2.15. The topological polar surface area (TPSA) is 44.8 Å². The molecule has 1 N–H and O–H groups in total. The van der Waals surface area contributed by atoms with E-state index in [1.54, 1.807) is 0 Å². The van der Waals surface area contributed by atoms with Crippen LogP contribution in [-0.2, 0) is 9.53 Å². The van der Waals surface area contributed by atoms with Crippen molar-refractivity contribution in [3.05, 3.63) is 0 Å². The van der Waals surface area contributed by atoms with Crippen molar-refractivity contribution in [2.24, 2.45) is 0 Å². The molecule has 2 unspecified atom stereocenters. The van der Waals surface area contributed by atoms with Crippen molar-refractivity contribution >= 4 is 5.97 Å². The largest absolute Gasteiger partial charge is 0.468 e. The van der Waals surface area contributed by atoms with Crippen LogP contribution < -0.4 is 5.32 Å². The van der Waals surface area contributed by atoms with Crippen LogP contribution in [0.4, 0.5) is 0 Å². The Morgan fingerprint density at radius 1 is 1.40 bits per heavy atom. The van der Waals surface area contributed by atoms with E-state index in [1.807, 2.05) is 13.8 Å². The number of rotatable bonds is 7. The Balaban J connectivity index is 2.50. The first-order valence-electron chi connectivity index (χ1n) is 7.76. The molecule has 0 saturated carbocycles. The molecule has 118 valence electrons. The molecule has 5 heteroatoms. The Bertz CT molecular complexity index is 311. The summed E-state index contributed by atoms with van der Waals surface area (Å²) in [5, 5.41) is 3.27. The maximum absolute atomic E-state index is 11.9. The van der Waals surface area contributed by atoms with E-state index >= 15 is 0 Å². The van der Waals surface area contributed by atoms with Gasteiger partial charge in [-0.3, -0.25) is 9.69 Å². The molecule has 1 aliphatic heterocycles. The molecule has 0 radical (unpaired) electrons. The number of piperazine rings is 1. The van der Waals surface area contributed by atoms with Crippen LogP contribution in [0.5, 0.6) is 0 Å². The van der Waals surface area contributed by atoms with Crippen LogP contribution >= 0.6 is 0 Å². The van der Waals surface area contributed by atoms with E-state index in [0.717, 1.165) is 45.7 Å². The van der Waals surface area contributed by atoms with Gasteiger partial charge in [-0.05, 0) is 33.4 Å². The molecule has 1 fully saturated rings. The lowest BCUT2D eigenvalue weighted by molar-refractivity contribution is -0.148. The van der Waals surface area contributed by atoms with Crippen LogP contribution in [0, 0.1) is 0 Å². The third-order valence-corrected chi connectivity index (χ3v) is 4.39. The number of nitrogens with zero attached hydrogens (tertiary/aromatic N) is 2. The lowest BCUT2D eigenvalue weighted by Crippen LogP contribution is -2.55. The summed E-state index contributed by atoms with van der Waals surface area (Å²) < 4.78 is 4.94. The molecule has 0 aromatic carbocycles. The molecule has 0 amide bonds. The van der Waals surface area contributed by atoms with Gasteiger partial charge in [0.2, 0.25) is 0 Å². The molecule has 5 nitrogen and oxygen atoms in total. The quantitative estimate of drug-likeness (QED) is 0.706. The number of carbonyl (C=O) groups excluding carboxylic acids is 1. The van der Waals surface area contributed by atoms with Gasteiger partial charge in [-0.1, -0.05) is 13.8 Å². The average Bonchev–Trinajstić information content (AvgIpc) is 2.44. The van der Waals surface area contributed by atoms with Crippen molar-refractivity contribution in [1.29, 1.82) is 0 Å². The number of esters is 1. The van der Waals surface area contributed by atoms with Gasteiger partial charge in [0.05, 0.1) is 7.11 Å². The highest BCUT2D eigenvalue weighted by molar-refractivity contribution is 5.80. The molecule has 0 aliphatic carbocycles. The van der Waals surface area contributed by atoms with Crippen molar-refractivity contribution in [1.82, 2.24) is 15.1 Å². The fraction of sp³-hybridized carbons (Fsp3) is 0.933. The summed E-state index contributed by atoms with van der Waals surface area (Å²) in [6, 6.07) is 0.595. The van der Waals surface area contributed by atoms with E-state index in [0.29, 0.717) is 6.04 Å². The first-order chi connectivity index (χ1) is 9.46. The van der Waals surface area contributed by atoms with Crippen LogP contribution in [-0.4, -0.2) is 73.7 Å². The van der Waals surface area contributed by atoms with Gasteiger partial charge in [-0.15, -0.1) is 0 Å². The summed E-state index contributed by atoms with van der Waals surface area (Å²) in [6.45, 7) is 14.5. The van der Waals surface area contributed by atoms with E-state index in [9.17, 15) is 4.79 Å². The smallest absolute Gasteiger partial charge is 0.325 e. The number of hydrogen-bond acceptors (Lipinski definition) is 5. The fourth-order valence-corrected chi connectivity index (χ4v) is 3.00. The zero-order chi connectivity index (χ0) is 15.2. The van der Waals surface area contributed by atoms with Crippen LogP contribution in [0.3, 0.4) is 0 Å². The highest BCUT2D eigenvalue weighted by atomic mass is 16.5. The second kappa shape index (κ2) is 7.96. The molecule has 0 aromatic heterocycles. The van der Waals surface area contributed by atoms with Crippen molar-refractivity contribution in [2.45, 2.75) is 45.7 Å². The molecular weight excluding hydrogens is 254 g/mol. The van der Waals surface area contributed by atoms with E-state index in [-0.39, 0.29) is 5.97 Å². The Morgan fingerprint density at radius 2 is 2.10 bits per heavy atom. The predicted octanol–water partition coefficient (Wildman–Crippen LogP) is 0.944. The van der Waals surface area contributed by atoms with E-state index in [2.05, 4.69) is 29.0 Å². The van der Waals surface area contributed by atoms with E-state index in [1.165, 1.54) is 7.11 Å². The minimum absolute atomic E-state index is 0.167. The molecule has 0 aromatic rings. The van der Waals surface area contributed by atoms with Gasteiger partial charge < -0.3 is 15.0 Å². The van der Waals surface area contributed by atoms with Crippen molar-refractivity contribution in [3.63, 3.8) is 0 Å². The van der Waals surface area contributed by atoms with Gasteiger partial charge in [-0.25, -0.2) is 0 Å². The number of methoxy groups -OCH3 is 1. The highest BCUT2D eigenvalue weighted by Gasteiger charge is 2.34. The summed E-state index contributed by atoms with van der Waals surface area (Å²) in [5.41, 5.74) is -0.575. The summed E-state index contributed by atoms with van der Waals surface area (Å²) in [6.07, 6.45) is 0.784. The van der Waals surface area contributed by atoms with E-state index in [4.69, 9.17) is 4.74 Å². The number of ether oxygens (including phenoxy) is 1. The van der Waals surface area contributed by atoms with Gasteiger partial charge in [0.15, 0.2) is 0 Å². The van der Waals surface area contributed by atoms with Crippen molar-refractivity contribution < 1.29 is 9.53 Å². The van der Waals surface area contributed by atoms with Crippen molar-refractivity contribution in [2.75, 3.05) is 46.4 Å². The standard InChI is InChI=1S/C15H31N3O2/c1-6-16-15(4,14(19)20-5)8-9-17-10-11-18(7-2)13(3)12-17/h13,16H,6-12H2,1-5H3. The molecule has 1 rings (SSSR count). The summed E-state index contributed by atoms with van der Waals surface area (Å²) in [5.74, 6) is -0.167. The first kappa shape index (κ1) is 17.4. The molecule has 2 atom stereocenters. The molecule has 20 heavy (non-hydrogen) atoms. The minimum Gasteiger partial charge on any atom is -0.468 e. The Labute approximate surface area is 123 Å². The second-order valence-electron chi connectivity index (χ2n) is 5.88. The van der Waals surface area contributed by atoms with Crippen LogP contribution in [0.25, 0.3) is 0 Å². The summed E-state index contributed by atoms with van der Waals surface area (Å²) >= 11 is 0. The zero-order valence-electron chi connectivity index (χ0n) is 13.7. The maximum Gasteiger partial charge on any atom is 0.325 e. The van der Waals surface area contributed by atoms with Gasteiger partial charge >= 0.3 is 5.97 Å². The van der Waals surface area contributed by atoms with Gasteiger partial charge in [0.1, 0.15) is 5.54 Å². The Morgan fingerprint density at radius 3 is 2.60 bits per heavy atom. The normalized spacial score (nSPS) is 24.4. The molecule has 0 spiro atoms. The number of nitrogens with one attached hydrogen (secondary N) is 1. The van der Waals surface area contributed by atoms with Gasteiger partial charge in [-0.2, -0.15) is 0 Å². The fourth-order valence-electron chi connectivity index (χ4n) is 3.00. The predicted molar refractivity (Wildman–Crippen MR) is 81.9 cm³/mol. The van der Waals surface area contributed by atoms with Gasteiger partial charge in [0, 0.05) is 32.2 Å². The molecule has 1 aliphatic rings. The third kappa shape index (κ3) is 4.43. The Kier molecular flexibility index (Phi) is 6.92. The SMILES string of the molecule is CCNC(C)(CCN1CCN(CC)C(C)C1)C(=O)OC. The number of hydrogen-bond donors (Lipinski definition) is 1. The number of carbonyl (C=O) groups is 1. The van der Waals surface area contributed by atoms with E-state index < -0.39 is 5.54 Å². The van der Waals surface area contributed by atoms with Gasteiger partial charge in [0.25, 0.3) is 0 Å². The van der Waals surface area contributed by atoms with Crippen LogP contribution in [0.2, 0.25) is 0 Å². The number of likely N-dealkylation sites (N-methyl/N-ethyl adjacent to an activating group) is 2. The lowest BCUT2D eigenvalue weighted by atomic mass is 9.97. The summed E-state index contributed by atoms with van der Waals surface area (Å²) in [7, 11) is 1.46. The molecule has 1 heterocycles. The first-order valence-corrected chi connectivity index (χ1v) is 7.76. The zero-order valence-corrected chi connectivity index (χ0v) is 13.7. The van der Waals surface area contributed by atoms with Crippen LogP contribution in [0.1, 0.15) is 34.1 Å². The average molecular weight is 285 g/mol. The molecule has 1 saturated heterocycles. The molecule has 0 bridgehead atoms. The Hall–Kier alpha value is -0.650. The molecular formula is C15H31N3O2. The second-order valence-corrected chi connectivity index (χ2v) is 5.88. The minimum atomic E-state index is -0.575. The van der Waals surface area contributed by atoms with Crippen LogP contribution in [0.15, 0.2) is 0 Å².